The van der Waals surface area contributed by atoms with Crippen molar-refractivity contribution in [3.05, 3.63) is 112 Å². The summed E-state index contributed by atoms with van der Waals surface area (Å²) in [5.41, 5.74) is 9.13. The number of amides is 2. The minimum atomic E-state index is -0.908. The van der Waals surface area contributed by atoms with Gasteiger partial charge in [0, 0.05) is 29.2 Å². The van der Waals surface area contributed by atoms with Gasteiger partial charge in [-0.2, -0.15) is 0 Å². The van der Waals surface area contributed by atoms with Crippen LogP contribution in [0.1, 0.15) is 41.0 Å². The van der Waals surface area contributed by atoms with Gasteiger partial charge in [-0.05, 0) is 61.4 Å². The zero-order valence-electron chi connectivity index (χ0n) is 22.8. The Hall–Kier alpha value is -4.01. The summed E-state index contributed by atoms with van der Waals surface area (Å²) in [5, 5.41) is 4.08. The molecule has 0 saturated heterocycles. The second-order valence-corrected chi connectivity index (χ2v) is 11.6. The lowest BCUT2D eigenvalue weighted by Gasteiger charge is -2.41. The minimum Gasteiger partial charge on any atom is -0.483 e. The van der Waals surface area contributed by atoms with E-state index in [0.29, 0.717) is 41.0 Å². The van der Waals surface area contributed by atoms with Crippen molar-refractivity contribution in [1.82, 2.24) is 14.9 Å². The molecular weight excluding hydrogens is 561 g/mol. The number of aromatic nitrogens is 2. The fraction of sp³-hybridized carbons (Fsp3) is 0.258. The van der Waals surface area contributed by atoms with E-state index in [9.17, 15) is 9.59 Å². The molecule has 1 aliphatic heterocycles. The molecule has 1 unspecified atom stereocenters. The monoisotopic (exact) mass is 591 g/mol. The number of nitrogens with two attached hydrogens (primary N) is 1. The zero-order valence-corrected chi connectivity index (χ0v) is 24.3. The SMILES string of the molecule is CC1(C)CN(Cc2cncn2Cc2ccc(Cl)cc2)c2cccc(C(=O)NC(Cc3ccc(Cl)cc3)C(N)=O)c2O1. The van der Waals surface area contributed by atoms with Gasteiger partial charge in [-0.3, -0.25) is 9.59 Å². The number of nitrogens with one attached hydrogen (secondary N) is 1. The molecule has 41 heavy (non-hydrogen) atoms. The molecule has 3 N–H and O–H groups in total. The first kappa shape index (κ1) is 28.5. The molecule has 212 valence electrons. The van der Waals surface area contributed by atoms with Gasteiger partial charge in [-0.15, -0.1) is 0 Å². The number of rotatable bonds is 9. The number of carbonyl (C=O) groups is 2. The third-order valence-electron chi connectivity index (χ3n) is 6.95. The molecule has 0 radical (unpaired) electrons. The predicted octanol–water partition coefficient (Wildman–Crippen LogP) is 5.24. The van der Waals surface area contributed by atoms with Gasteiger partial charge in [0.2, 0.25) is 5.91 Å². The Labute approximate surface area is 249 Å². The van der Waals surface area contributed by atoms with Gasteiger partial charge >= 0.3 is 0 Å². The van der Waals surface area contributed by atoms with E-state index in [1.165, 1.54) is 0 Å². The maximum atomic E-state index is 13.5. The molecule has 3 aromatic carbocycles. The van der Waals surface area contributed by atoms with Gasteiger partial charge in [-0.25, -0.2) is 4.98 Å². The summed E-state index contributed by atoms with van der Waals surface area (Å²) in [5.74, 6) is -0.611. The van der Waals surface area contributed by atoms with Crippen molar-refractivity contribution in [2.75, 3.05) is 11.4 Å². The van der Waals surface area contributed by atoms with Crippen LogP contribution < -0.4 is 20.7 Å². The van der Waals surface area contributed by atoms with E-state index >= 15 is 0 Å². The first-order valence-electron chi connectivity index (χ1n) is 13.2. The summed E-state index contributed by atoms with van der Waals surface area (Å²) < 4.78 is 8.46. The Kier molecular flexibility index (Phi) is 8.24. The average molecular weight is 593 g/mol. The molecule has 1 atom stereocenters. The fourth-order valence-corrected chi connectivity index (χ4v) is 5.23. The molecule has 2 heterocycles. The van der Waals surface area contributed by atoms with Crippen molar-refractivity contribution < 1.29 is 14.3 Å². The second kappa shape index (κ2) is 11.8. The Bertz CT molecular complexity index is 1550. The van der Waals surface area contributed by atoms with Crippen LogP contribution in [0.15, 0.2) is 79.3 Å². The standard InChI is InChI=1S/C31H31Cl2N5O3/c1-31(2)18-37(17-24-15-35-19-38(24)16-21-8-12-23(33)13-9-21)27-5-3-4-25(28(27)41-31)30(40)36-26(29(34)39)14-20-6-10-22(32)11-7-20/h3-13,15,19,26H,14,16-18H2,1-2H3,(H2,34,39)(H,36,40). The van der Waals surface area contributed by atoms with Crippen LogP contribution in [0.4, 0.5) is 5.69 Å². The number of carbonyl (C=O) groups excluding carboxylic acids is 2. The summed E-state index contributed by atoms with van der Waals surface area (Å²) in [6.45, 7) is 5.76. The second-order valence-electron chi connectivity index (χ2n) is 10.8. The largest absolute Gasteiger partial charge is 0.483 e. The van der Waals surface area contributed by atoms with Crippen molar-refractivity contribution in [2.45, 2.75) is 45.0 Å². The highest BCUT2D eigenvalue weighted by Gasteiger charge is 2.35. The smallest absolute Gasteiger partial charge is 0.255 e. The van der Waals surface area contributed by atoms with Crippen molar-refractivity contribution in [2.24, 2.45) is 5.73 Å². The number of ether oxygens (including phenoxy) is 1. The molecule has 0 spiro atoms. The molecule has 1 aliphatic rings. The quantitative estimate of drug-likeness (QED) is 0.277. The molecular formula is C31H31Cl2N5O3. The molecule has 10 heteroatoms. The third-order valence-corrected chi connectivity index (χ3v) is 7.45. The first-order valence-corrected chi connectivity index (χ1v) is 14.0. The maximum absolute atomic E-state index is 13.5. The topological polar surface area (TPSA) is 102 Å². The van der Waals surface area contributed by atoms with Crippen LogP contribution >= 0.6 is 23.2 Å². The molecule has 8 nitrogen and oxygen atoms in total. The fourth-order valence-electron chi connectivity index (χ4n) is 4.97. The molecule has 1 aromatic heterocycles. The highest BCUT2D eigenvalue weighted by molar-refractivity contribution is 6.30. The van der Waals surface area contributed by atoms with E-state index in [2.05, 4.69) is 19.8 Å². The number of fused-ring (bicyclic) bond motifs is 1. The number of primary amides is 1. The van der Waals surface area contributed by atoms with Gasteiger partial charge < -0.3 is 25.3 Å². The lowest BCUT2D eigenvalue weighted by Crippen LogP contribution is -2.48. The van der Waals surface area contributed by atoms with Gasteiger partial charge in [0.1, 0.15) is 11.6 Å². The van der Waals surface area contributed by atoms with Crippen molar-refractivity contribution in [1.29, 1.82) is 0 Å². The average Bonchev–Trinajstić information content (AvgIpc) is 3.36. The summed E-state index contributed by atoms with van der Waals surface area (Å²) >= 11 is 12.0. The number of anilines is 1. The summed E-state index contributed by atoms with van der Waals surface area (Å²) in [6, 6.07) is 19.3. The number of nitrogens with zero attached hydrogens (tertiary/aromatic N) is 3. The molecule has 0 saturated carbocycles. The highest BCUT2D eigenvalue weighted by Crippen LogP contribution is 2.40. The van der Waals surface area contributed by atoms with Crippen molar-refractivity contribution in [3.63, 3.8) is 0 Å². The Morgan fingerprint density at radius 2 is 1.66 bits per heavy atom. The van der Waals surface area contributed by atoms with Crippen LogP contribution in [0.5, 0.6) is 5.75 Å². The van der Waals surface area contributed by atoms with Gasteiger partial charge in [-0.1, -0.05) is 53.5 Å². The predicted molar refractivity (Wildman–Crippen MR) is 161 cm³/mol. The summed E-state index contributed by atoms with van der Waals surface area (Å²) in [6.07, 6.45) is 3.90. The molecule has 0 aliphatic carbocycles. The highest BCUT2D eigenvalue weighted by atomic mass is 35.5. The number of hydrogen-bond acceptors (Lipinski definition) is 5. The van der Waals surface area contributed by atoms with Gasteiger partial charge in [0.25, 0.3) is 5.91 Å². The number of para-hydroxylation sites is 1. The van der Waals surface area contributed by atoms with E-state index in [0.717, 1.165) is 22.5 Å². The maximum Gasteiger partial charge on any atom is 0.255 e. The zero-order chi connectivity index (χ0) is 29.1. The van der Waals surface area contributed by atoms with Gasteiger partial charge in [0.15, 0.2) is 5.75 Å². The van der Waals surface area contributed by atoms with E-state index in [1.54, 1.807) is 30.3 Å². The number of hydrogen-bond donors (Lipinski definition) is 2. The molecule has 0 bridgehead atoms. The number of imidazole rings is 1. The lowest BCUT2D eigenvalue weighted by molar-refractivity contribution is -0.119. The van der Waals surface area contributed by atoms with Gasteiger partial charge in [0.05, 0.1) is 36.4 Å². The van der Waals surface area contributed by atoms with Crippen molar-refractivity contribution in [3.8, 4) is 5.75 Å². The first-order chi connectivity index (χ1) is 19.6. The van der Waals surface area contributed by atoms with Crippen LogP contribution in [-0.2, 0) is 24.3 Å². The minimum absolute atomic E-state index is 0.239. The van der Waals surface area contributed by atoms with Crippen LogP contribution in [0.3, 0.4) is 0 Å². The van der Waals surface area contributed by atoms with E-state index in [1.807, 2.05) is 62.8 Å². The van der Waals surface area contributed by atoms with Crippen LogP contribution in [-0.4, -0.2) is 39.6 Å². The Morgan fingerprint density at radius 1 is 1.00 bits per heavy atom. The molecule has 2 amide bonds. The third kappa shape index (κ3) is 6.84. The van der Waals surface area contributed by atoms with E-state index in [-0.39, 0.29) is 6.42 Å². The number of halogens is 2. The summed E-state index contributed by atoms with van der Waals surface area (Å²) in [4.78, 5) is 32.4. The Morgan fingerprint density at radius 3 is 2.32 bits per heavy atom. The van der Waals surface area contributed by atoms with Crippen LogP contribution in [0.2, 0.25) is 10.0 Å². The lowest BCUT2D eigenvalue weighted by atomic mass is 10.0. The van der Waals surface area contributed by atoms with Crippen LogP contribution in [0.25, 0.3) is 0 Å². The van der Waals surface area contributed by atoms with E-state index in [4.69, 9.17) is 33.7 Å². The van der Waals surface area contributed by atoms with Crippen LogP contribution in [0, 0.1) is 0 Å². The van der Waals surface area contributed by atoms with E-state index < -0.39 is 23.5 Å². The Balaban J connectivity index is 1.39. The summed E-state index contributed by atoms with van der Waals surface area (Å²) in [7, 11) is 0. The molecule has 0 fully saturated rings. The number of benzene rings is 3. The molecule has 5 rings (SSSR count). The van der Waals surface area contributed by atoms with Crippen molar-refractivity contribution >= 4 is 40.7 Å². The normalized spacial score (nSPS) is 14.6. The molecule has 4 aromatic rings.